The monoisotopic (exact) mass is 484 g/mol. The van der Waals surface area contributed by atoms with Crippen LogP contribution in [0.5, 0.6) is 0 Å². The van der Waals surface area contributed by atoms with Crippen LogP contribution in [0.3, 0.4) is 0 Å². The minimum absolute atomic E-state index is 0.480. The highest BCUT2D eigenvalue weighted by Crippen LogP contribution is 2.44. The molecular weight excluding hydrogens is 444 g/mol. The van der Waals surface area contributed by atoms with Gasteiger partial charge in [0.25, 0.3) is 0 Å². The van der Waals surface area contributed by atoms with Crippen molar-refractivity contribution >= 4 is 16.7 Å². The molecule has 0 saturated carbocycles. The number of benzene rings is 4. The van der Waals surface area contributed by atoms with E-state index in [9.17, 15) is 0 Å². The lowest BCUT2D eigenvalue weighted by Crippen LogP contribution is -2.04. The number of aryl methyl sites for hydroxylation is 2. The Bertz CT molecular complexity index is 1430. The summed E-state index contributed by atoms with van der Waals surface area (Å²) in [5.41, 5.74) is 15.7. The Morgan fingerprint density at radius 2 is 1.27 bits per heavy atom. The maximum Gasteiger partial charge on any atom is -0.00678 e. The Kier molecular flexibility index (Phi) is 8.29. The predicted octanol–water partition coefficient (Wildman–Crippen LogP) is 10.9. The van der Waals surface area contributed by atoms with Crippen LogP contribution < -0.4 is 0 Å². The van der Waals surface area contributed by atoms with Crippen LogP contribution in [0, 0.1) is 13.8 Å². The van der Waals surface area contributed by atoms with E-state index in [-0.39, 0.29) is 0 Å². The third-order valence-electron chi connectivity index (χ3n) is 7.60. The molecule has 0 heteroatoms. The van der Waals surface area contributed by atoms with Crippen molar-refractivity contribution < 1.29 is 0 Å². The molecule has 0 heterocycles. The van der Waals surface area contributed by atoms with Gasteiger partial charge in [-0.2, -0.15) is 0 Å². The average Bonchev–Trinajstić information content (AvgIpc) is 2.92. The molecule has 0 radical (unpaired) electrons. The molecule has 37 heavy (non-hydrogen) atoms. The van der Waals surface area contributed by atoms with E-state index >= 15 is 0 Å². The largest absolute Gasteiger partial charge is 0.0679 e. The molecular formula is C37H40. The van der Waals surface area contributed by atoms with Crippen molar-refractivity contribution in [2.75, 3.05) is 0 Å². The maximum absolute atomic E-state index is 2.40. The van der Waals surface area contributed by atoms with Gasteiger partial charge in [0.05, 0.1) is 0 Å². The van der Waals surface area contributed by atoms with Crippen LogP contribution in [0.25, 0.3) is 27.8 Å². The van der Waals surface area contributed by atoms with Gasteiger partial charge >= 0.3 is 0 Å². The van der Waals surface area contributed by atoms with E-state index in [1.807, 2.05) is 0 Å². The van der Waals surface area contributed by atoms with E-state index < -0.39 is 0 Å². The summed E-state index contributed by atoms with van der Waals surface area (Å²) in [5.74, 6) is 0.480. The van der Waals surface area contributed by atoms with E-state index in [0.29, 0.717) is 5.92 Å². The van der Waals surface area contributed by atoms with E-state index in [2.05, 4.69) is 146 Å². The maximum atomic E-state index is 2.40. The molecule has 0 bridgehead atoms. The zero-order valence-electron chi connectivity index (χ0n) is 23.5. The topological polar surface area (TPSA) is 0 Å². The summed E-state index contributed by atoms with van der Waals surface area (Å²) in [6.45, 7) is 15.8. The van der Waals surface area contributed by atoms with Crippen molar-refractivity contribution in [3.8, 4) is 11.1 Å². The Hall–Kier alpha value is -3.64. The van der Waals surface area contributed by atoms with Crippen molar-refractivity contribution in [2.24, 2.45) is 0 Å². The Labute approximate surface area is 224 Å². The number of hydrogen-bond acceptors (Lipinski definition) is 0. The van der Waals surface area contributed by atoms with Crippen LogP contribution in [0.4, 0.5) is 0 Å². The van der Waals surface area contributed by atoms with Gasteiger partial charge in [-0.1, -0.05) is 116 Å². The normalized spacial score (nSPS) is 12.6. The zero-order chi connectivity index (χ0) is 26.5. The lowest BCUT2D eigenvalue weighted by molar-refractivity contribution is 0.732. The summed E-state index contributed by atoms with van der Waals surface area (Å²) in [4.78, 5) is 0. The Morgan fingerprint density at radius 3 is 1.92 bits per heavy atom. The summed E-state index contributed by atoms with van der Waals surface area (Å²) in [6, 6.07) is 35.7. The molecule has 4 aromatic carbocycles. The third kappa shape index (κ3) is 5.70. The lowest BCUT2D eigenvalue weighted by atomic mass is 9.79. The van der Waals surface area contributed by atoms with Gasteiger partial charge in [-0.25, -0.2) is 0 Å². The highest BCUT2D eigenvalue weighted by atomic mass is 14.3. The summed E-state index contributed by atoms with van der Waals surface area (Å²) < 4.78 is 0. The molecule has 0 aliphatic carbocycles. The van der Waals surface area contributed by atoms with Crippen molar-refractivity contribution in [1.29, 1.82) is 0 Å². The van der Waals surface area contributed by atoms with Crippen LogP contribution in [-0.2, 0) is 0 Å². The fraction of sp³-hybridized carbons (Fsp3) is 0.243. The highest BCUT2D eigenvalue weighted by Gasteiger charge is 2.22. The number of rotatable bonds is 7. The molecule has 1 unspecified atom stereocenters. The third-order valence-corrected chi connectivity index (χ3v) is 7.60. The van der Waals surface area contributed by atoms with Crippen LogP contribution in [-0.4, -0.2) is 0 Å². The molecule has 0 amide bonds. The standard InChI is InChI=1S/C37H40/c1-8-27(5)33-16-12-13-17-34(33)37(29(7)30-14-10-9-11-15-30)36(25(2)3)35-24-32(23-20-28(35)6)31-21-18-26(4)19-22-31/h9-24,27H,8H2,1-7H3/b37-29-. The summed E-state index contributed by atoms with van der Waals surface area (Å²) in [5, 5.41) is 0. The number of hydrogen-bond donors (Lipinski definition) is 0. The molecule has 0 spiro atoms. The molecule has 0 nitrogen and oxygen atoms in total. The second-order valence-corrected chi connectivity index (χ2v) is 10.5. The molecule has 188 valence electrons. The van der Waals surface area contributed by atoms with Crippen LogP contribution >= 0.6 is 0 Å². The SMILES string of the molecule is CCC(C)c1ccccc1/C(C(=C(C)C)c1cc(-c2ccc(C)cc2)ccc1C)=C(\C)c1ccccc1. The molecule has 1 atom stereocenters. The minimum atomic E-state index is 0.480. The van der Waals surface area contributed by atoms with Gasteiger partial charge in [-0.3, -0.25) is 0 Å². The van der Waals surface area contributed by atoms with E-state index in [1.165, 1.54) is 66.8 Å². The van der Waals surface area contributed by atoms with Gasteiger partial charge in [-0.15, -0.1) is 0 Å². The summed E-state index contributed by atoms with van der Waals surface area (Å²) >= 11 is 0. The van der Waals surface area contributed by atoms with Crippen molar-refractivity contribution in [2.45, 2.75) is 60.8 Å². The smallest absolute Gasteiger partial charge is 0.00678 e. The fourth-order valence-corrected chi connectivity index (χ4v) is 5.20. The van der Waals surface area contributed by atoms with Crippen molar-refractivity contribution in [3.63, 3.8) is 0 Å². The molecule has 4 aromatic rings. The highest BCUT2D eigenvalue weighted by molar-refractivity contribution is 6.16. The van der Waals surface area contributed by atoms with Crippen molar-refractivity contribution in [3.05, 3.63) is 136 Å². The van der Waals surface area contributed by atoms with E-state index in [1.54, 1.807) is 0 Å². The van der Waals surface area contributed by atoms with E-state index in [4.69, 9.17) is 0 Å². The zero-order valence-corrected chi connectivity index (χ0v) is 23.5. The molecule has 4 rings (SSSR count). The second kappa shape index (κ2) is 11.6. The second-order valence-electron chi connectivity index (χ2n) is 10.5. The van der Waals surface area contributed by atoms with Gasteiger partial charge in [0.15, 0.2) is 0 Å². The summed E-state index contributed by atoms with van der Waals surface area (Å²) in [6.07, 6.45) is 1.11. The number of allylic oxidation sites excluding steroid dienone is 4. The van der Waals surface area contributed by atoms with Crippen LogP contribution in [0.1, 0.15) is 80.3 Å². The Morgan fingerprint density at radius 1 is 0.649 bits per heavy atom. The van der Waals surface area contributed by atoms with Crippen LogP contribution in [0.2, 0.25) is 0 Å². The van der Waals surface area contributed by atoms with Gasteiger partial charge in [0.2, 0.25) is 0 Å². The Balaban J connectivity index is 2.04. The predicted molar refractivity (Wildman–Crippen MR) is 164 cm³/mol. The fourth-order valence-electron chi connectivity index (χ4n) is 5.20. The molecule has 0 saturated heterocycles. The first kappa shape index (κ1) is 26.4. The van der Waals surface area contributed by atoms with Gasteiger partial charge in [0.1, 0.15) is 0 Å². The first-order valence-electron chi connectivity index (χ1n) is 13.5. The van der Waals surface area contributed by atoms with Gasteiger partial charge in [0, 0.05) is 0 Å². The van der Waals surface area contributed by atoms with Crippen LogP contribution in [0.15, 0.2) is 103 Å². The molecule has 0 aromatic heterocycles. The molecule has 0 fully saturated rings. The average molecular weight is 485 g/mol. The first-order valence-corrected chi connectivity index (χ1v) is 13.5. The molecule has 0 N–H and O–H groups in total. The minimum Gasteiger partial charge on any atom is -0.0679 e. The lowest BCUT2D eigenvalue weighted by Gasteiger charge is -2.25. The molecule has 0 aliphatic rings. The molecule has 0 aliphatic heterocycles. The van der Waals surface area contributed by atoms with Gasteiger partial charge in [-0.05, 0) is 109 Å². The first-order chi connectivity index (χ1) is 17.8. The van der Waals surface area contributed by atoms with Crippen molar-refractivity contribution in [1.82, 2.24) is 0 Å². The quantitative estimate of drug-likeness (QED) is 0.181. The van der Waals surface area contributed by atoms with E-state index in [0.717, 1.165) is 6.42 Å². The van der Waals surface area contributed by atoms with Gasteiger partial charge < -0.3 is 0 Å². The summed E-state index contributed by atoms with van der Waals surface area (Å²) in [7, 11) is 0.